The summed E-state index contributed by atoms with van der Waals surface area (Å²) in [6.45, 7) is 0. The second-order valence-corrected chi connectivity index (χ2v) is 4.10. The van der Waals surface area contributed by atoms with E-state index in [4.69, 9.17) is 5.11 Å². The van der Waals surface area contributed by atoms with Crippen LogP contribution in [-0.4, -0.2) is 20.9 Å². The Morgan fingerprint density at radius 2 is 2.31 bits per heavy atom. The van der Waals surface area contributed by atoms with Crippen LogP contribution in [0.3, 0.4) is 0 Å². The fraction of sp³-hybridized carbons (Fsp3) is 0.100. The van der Waals surface area contributed by atoms with Gasteiger partial charge in [-0.25, -0.2) is 9.48 Å². The maximum Gasteiger partial charge on any atom is 0.341 e. The number of carboxylic acids is 1. The lowest BCUT2D eigenvalue weighted by Crippen LogP contribution is -2.26. The molecular formula is C10H8N2O3S. The third kappa shape index (κ3) is 1.74. The molecule has 1 N–H and O–H groups in total. The molecule has 0 bridgehead atoms. The molecule has 82 valence electrons. The van der Waals surface area contributed by atoms with Crippen molar-refractivity contribution < 1.29 is 9.90 Å². The molecule has 0 radical (unpaired) electrons. The zero-order chi connectivity index (χ0) is 11.7. The van der Waals surface area contributed by atoms with Crippen molar-refractivity contribution in [3.05, 3.63) is 39.5 Å². The summed E-state index contributed by atoms with van der Waals surface area (Å²) in [6.07, 6.45) is 0. The maximum absolute atomic E-state index is 11.5. The Morgan fingerprint density at radius 1 is 1.56 bits per heavy atom. The van der Waals surface area contributed by atoms with Crippen LogP contribution in [0.25, 0.3) is 10.6 Å². The molecule has 0 atom stereocenters. The molecule has 2 heterocycles. The van der Waals surface area contributed by atoms with Gasteiger partial charge >= 0.3 is 5.97 Å². The van der Waals surface area contributed by atoms with E-state index in [1.165, 1.54) is 24.5 Å². The molecule has 2 aromatic rings. The Morgan fingerprint density at radius 3 is 2.88 bits per heavy atom. The van der Waals surface area contributed by atoms with E-state index >= 15 is 0 Å². The summed E-state index contributed by atoms with van der Waals surface area (Å²) in [6, 6.07) is 4.97. The molecule has 5 nitrogen and oxygen atoms in total. The Hall–Kier alpha value is -1.95. The first-order valence-electron chi connectivity index (χ1n) is 4.45. The summed E-state index contributed by atoms with van der Waals surface area (Å²) in [5.41, 5.74) is -0.372. The molecule has 0 aliphatic carbocycles. The van der Waals surface area contributed by atoms with Crippen molar-refractivity contribution in [2.75, 3.05) is 0 Å². The smallest absolute Gasteiger partial charge is 0.341 e. The zero-order valence-corrected chi connectivity index (χ0v) is 9.19. The van der Waals surface area contributed by atoms with Crippen molar-refractivity contribution in [2.45, 2.75) is 0 Å². The van der Waals surface area contributed by atoms with Crippen LogP contribution < -0.4 is 5.56 Å². The molecule has 2 rings (SSSR count). The van der Waals surface area contributed by atoms with Gasteiger partial charge in [-0.2, -0.15) is 5.10 Å². The van der Waals surface area contributed by atoms with E-state index in [0.29, 0.717) is 5.69 Å². The Labute approximate surface area is 94.6 Å². The van der Waals surface area contributed by atoms with Gasteiger partial charge in [0.1, 0.15) is 11.3 Å². The quantitative estimate of drug-likeness (QED) is 0.850. The number of hydrogen-bond acceptors (Lipinski definition) is 4. The predicted molar refractivity (Wildman–Crippen MR) is 59.8 cm³/mol. The second kappa shape index (κ2) is 3.90. The Kier molecular flexibility index (Phi) is 2.57. The molecule has 0 aliphatic rings. The number of carboxylic acid groups (broad SMARTS) is 1. The summed E-state index contributed by atoms with van der Waals surface area (Å²) in [5.74, 6) is -1.24. The van der Waals surface area contributed by atoms with Crippen molar-refractivity contribution in [3.8, 4) is 10.6 Å². The summed E-state index contributed by atoms with van der Waals surface area (Å²) in [7, 11) is 1.44. The molecule has 2 aromatic heterocycles. The van der Waals surface area contributed by atoms with E-state index in [1.807, 2.05) is 17.5 Å². The third-order valence-corrected chi connectivity index (χ3v) is 2.96. The Balaban J connectivity index is 2.67. The average Bonchev–Trinajstić information content (AvgIpc) is 2.74. The molecule has 0 aromatic carbocycles. The molecular weight excluding hydrogens is 228 g/mol. The van der Waals surface area contributed by atoms with Crippen LogP contribution in [0.15, 0.2) is 28.4 Å². The second-order valence-electron chi connectivity index (χ2n) is 3.15. The SMILES string of the molecule is Cn1nc(-c2cccs2)cc(C(=O)O)c1=O. The minimum Gasteiger partial charge on any atom is -0.477 e. The summed E-state index contributed by atoms with van der Waals surface area (Å²) >= 11 is 1.44. The van der Waals surface area contributed by atoms with Gasteiger partial charge in [-0.1, -0.05) is 6.07 Å². The Bertz CT molecular complexity index is 587. The van der Waals surface area contributed by atoms with E-state index in [0.717, 1.165) is 9.56 Å². The van der Waals surface area contributed by atoms with Crippen molar-refractivity contribution in [1.82, 2.24) is 9.78 Å². The molecule has 0 saturated heterocycles. The van der Waals surface area contributed by atoms with Crippen LogP contribution in [0.5, 0.6) is 0 Å². The normalized spacial score (nSPS) is 10.3. The van der Waals surface area contributed by atoms with Crippen molar-refractivity contribution >= 4 is 17.3 Å². The molecule has 0 unspecified atom stereocenters. The third-order valence-electron chi connectivity index (χ3n) is 2.07. The number of nitrogens with zero attached hydrogens (tertiary/aromatic N) is 2. The lowest BCUT2D eigenvalue weighted by Gasteiger charge is -2.02. The maximum atomic E-state index is 11.5. The van der Waals surface area contributed by atoms with Gasteiger partial charge in [-0.3, -0.25) is 4.79 Å². The monoisotopic (exact) mass is 236 g/mol. The van der Waals surface area contributed by atoms with E-state index in [1.54, 1.807) is 0 Å². The first kappa shape index (κ1) is 10.6. The fourth-order valence-electron chi connectivity index (χ4n) is 1.31. The van der Waals surface area contributed by atoms with Crippen LogP contribution >= 0.6 is 11.3 Å². The highest BCUT2D eigenvalue weighted by atomic mass is 32.1. The highest BCUT2D eigenvalue weighted by molar-refractivity contribution is 7.13. The van der Waals surface area contributed by atoms with Crippen molar-refractivity contribution in [1.29, 1.82) is 0 Å². The lowest BCUT2D eigenvalue weighted by molar-refractivity contribution is 0.0694. The number of thiophene rings is 1. The van der Waals surface area contributed by atoms with Gasteiger partial charge in [0.2, 0.25) is 0 Å². The summed E-state index contributed by atoms with van der Waals surface area (Å²) in [5, 5.41) is 14.7. The summed E-state index contributed by atoms with van der Waals surface area (Å²) < 4.78 is 1.04. The van der Waals surface area contributed by atoms with E-state index < -0.39 is 11.5 Å². The fourth-order valence-corrected chi connectivity index (χ4v) is 1.99. The van der Waals surface area contributed by atoms with Crippen LogP contribution in [-0.2, 0) is 7.05 Å². The zero-order valence-electron chi connectivity index (χ0n) is 8.38. The molecule has 0 spiro atoms. The van der Waals surface area contributed by atoms with Crippen LogP contribution in [0.4, 0.5) is 0 Å². The molecule has 6 heteroatoms. The molecule has 0 amide bonds. The average molecular weight is 236 g/mol. The minimum atomic E-state index is -1.24. The number of rotatable bonds is 2. The number of carbonyl (C=O) groups is 1. The van der Waals surface area contributed by atoms with E-state index in [-0.39, 0.29) is 5.56 Å². The van der Waals surface area contributed by atoms with Gasteiger partial charge in [0, 0.05) is 7.05 Å². The molecule has 0 fully saturated rings. The highest BCUT2D eigenvalue weighted by Crippen LogP contribution is 2.21. The molecule has 16 heavy (non-hydrogen) atoms. The van der Waals surface area contributed by atoms with Crippen LogP contribution in [0.1, 0.15) is 10.4 Å². The van der Waals surface area contributed by atoms with Gasteiger partial charge in [-0.05, 0) is 17.5 Å². The lowest BCUT2D eigenvalue weighted by atomic mass is 10.2. The highest BCUT2D eigenvalue weighted by Gasteiger charge is 2.13. The number of aromatic nitrogens is 2. The first-order valence-corrected chi connectivity index (χ1v) is 5.33. The van der Waals surface area contributed by atoms with Gasteiger partial charge < -0.3 is 5.11 Å². The summed E-state index contributed by atoms with van der Waals surface area (Å²) in [4.78, 5) is 23.1. The molecule has 0 saturated carbocycles. The number of aryl methyl sites for hydroxylation is 1. The first-order chi connectivity index (χ1) is 7.59. The topological polar surface area (TPSA) is 72.2 Å². The largest absolute Gasteiger partial charge is 0.477 e. The number of hydrogen-bond donors (Lipinski definition) is 1. The van der Waals surface area contributed by atoms with Gasteiger partial charge in [0.15, 0.2) is 0 Å². The van der Waals surface area contributed by atoms with Crippen molar-refractivity contribution in [2.24, 2.45) is 7.05 Å². The number of aromatic carboxylic acids is 1. The van der Waals surface area contributed by atoms with Gasteiger partial charge in [-0.15, -0.1) is 11.3 Å². The standard InChI is InChI=1S/C10H8N2O3S/c1-12-9(13)6(10(14)15)5-7(11-12)8-3-2-4-16-8/h2-5H,1H3,(H,14,15). The van der Waals surface area contributed by atoms with Crippen LogP contribution in [0.2, 0.25) is 0 Å². The van der Waals surface area contributed by atoms with Crippen LogP contribution in [0, 0.1) is 0 Å². The minimum absolute atomic E-state index is 0.263. The van der Waals surface area contributed by atoms with Gasteiger partial charge in [0.25, 0.3) is 5.56 Å². The van der Waals surface area contributed by atoms with Crippen molar-refractivity contribution in [3.63, 3.8) is 0 Å². The molecule has 0 aliphatic heterocycles. The van der Waals surface area contributed by atoms with Gasteiger partial charge in [0.05, 0.1) is 4.88 Å². The van der Waals surface area contributed by atoms with E-state index in [2.05, 4.69) is 5.10 Å². The van der Waals surface area contributed by atoms with E-state index in [9.17, 15) is 9.59 Å². The predicted octanol–water partition coefficient (Wildman–Crippen LogP) is 1.21.